The number of fused-ring (bicyclic) bond motifs is 1. The number of carboxylic acid groups (broad SMARTS) is 1. The van der Waals surface area contributed by atoms with Crippen molar-refractivity contribution in [3.05, 3.63) is 17.8 Å². The first-order chi connectivity index (χ1) is 13.2. The SMILES string of the molecule is CC(C)(C)N(C[C@@H]1CNCCO1)C(=O)O.O=Cc1ccc2c(n1)NC(=O)CS2. The summed E-state index contributed by atoms with van der Waals surface area (Å²) in [4.78, 5) is 38.7. The first kappa shape index (κ1) is 22.1. The number of morpholine rings is 1. The minimum Gasteiger partial charge on any atom is -0.465 e. The molecular weight excluding hydrogens is 384 g/mol. The van der Waals surface area contributed by atoms with Crippen LogP contribution in [0.2, 0.25) is 0 Å². The number of pyridine rings is 1. The maximum atomic E-state index is 11.1. The summed E-state index contributed by atoms with van der Waals surface area (Å²) in [5.74, 6) is 0.827. The van der Waals surface area contributed by atoms with Gasteiger partial charge in [0.25, 0.3) is 0 Å². The van der Waals surface area contributed by atoms with Gasteiger partial charge in [0, 0.05) is 18.6 Å². The van der Waals surface area contributed by atoms with Crippen LogP contribution in [-0.2, 0) is 9.53 Å². The van der Waals surface area contributed by atoms with Crippen molar-refractivity contribution in [1.82, 2.24) is 15.2 Å². The Bertz CT molecular complexity index is 716. The minimum atomic E-state index is -0.892. The Kier molecular flexibility index (Phi) is 7.78. The molecule has 9 nitrogen and oxygen atoms in total. The topological polar surface area (TPSA) is 121 Å². The van der Waals surface area contributed by atoms with Gasteiger partial charge in [0.15, 0.2) is 6.29 Å². The smallest absolute Gasteiger partial charge is 0.407 e. The Labute approximate surface area is 168 Å². The lowest BCUT2D eigenvalue weighted by atomic mass is 10.1. The zero-order chi connectivity index (χ0) is 20.7. The van der Waals surface area contributed by atoms with Gasteiger partial charge in [-0.3, -0.25) is 9.59 Å². The van der Waals surface area contributed by atoms with Crippen LogP contribution < -0.4 is 10.6 Å². The van der Waals surface area contributed by atoms with E-state index in [1.54, 1.807) is 12.1 Å². The number of aldehydes is 1. The predicted molar refractivity (Wildman–Crippen MR) is 106 cm³/mol. The van der Waals surface area contributed by atoms with E-state index in [9.17, 15) is 14.4 Å². The molecule has 3 heterocycles. The van der Waals surface area contributed by atoms with Crippen molar-refractivity contribution in [3.8, 4) is 0 Å². The summed E-state index contributed by atoms with van der Waals surface area (Å²) < 4.78 is 5.49. The van der Waals surface area contributed by atoms with Crippen molar-refractivity contribution in [1.29, 1.82) is 0 Å². The molecule has 0 bridgehead atoms. The van der Waals surface area contributed by atoms with Crippen LogP contribution in [0.4, 0.5) is 10.6 Å². The quantitative estimate of drug-likeness (QED) is 0.644. The normalized spacial score (nSPS) is 18.8. The number of carbonyl (C=O) groups excluding carboxylic acids is 2. The van der Waals surface area contributed by atoms with Crippen LogP contribution in [0.3, 0.4) is 0 Å². The molecule has 10 heteroatoms. The van der Waals surface area contributed by atoms with Crippen molar-refractivity contribution < 1.29 is 24.2 Å². The second-order valence-corrected chi connectivity index (χ2v) is 8.32. The third kappa shape index (κ3) is 6.47. The van der Waals surface area contributed by atoms with Crippen molar-refractivity contribution in [2.24, 2.45) is 0 Å². The minimum absolute atomic E-state index is 0.0333. The van der Waals surface area contributed by atoms with Crippen molar-refractivity contribution in [3.63, 3.8) is 0 Å². The van der Waals surface area contributed by atoms with Gasteiger partial charge in [0.1, 0.15) is 11.5 Å². The highest BCUT2D eigenvalue weighted by Crippen LogP contribution is 2.29. The standard InChI is InChI=1S/C10H20N2O3.C8H6N2O2S/c1-10(2,3)12(9(13)14)7-8-6-11-4-5-15-8;11-3-5-1-2-6-8(9-5)10-7(12)4-13-6/h8,11H,4-7H2,1-3H3,(H,13,14);1-3H,4H2,(H,9,10,12)/t8-;/m0./s1. The maximum absolute atomic E-state index is 11.1. The predicted octanol–water partition coefficient (Wildman–Crippen LogP) is 1.69. The summed E-state index contributed by atoms with van der Waals surface area (Å²) >= 11 is 1.43. The third-order valence-electron chi connectivity index (χ3n) is 4.05. The molecule has 0 saturated carbocycles. The zero-order valence-electron chi connectivity index (χ0n) is 16.2. The average Bonchev–Trinajstić information content (AvgIpc) is 2.65. The number of amides is 2. The van der Waals surface area contributed by atoms with Gasteiger partial charge in [-0.05, 0) is 32.9 Å². The molecule has 1 aromatic rings. The second kappa shape index (κ2) is 9.85. The summed E-state index contributed by atoms with van der Waals surface area (Å²) in [6.45, 7) is 8.30. The first-order valence-corrected chi connectivity index (χ1v) is 9.91. The highest BCUT2D eigenvalue weighted by molar-refractivity contribution is 8.00. The third-order valence-corrected chi connectivity index (χ3v) is 5.10. The summed E-state index contributed by atoms with van der Waals surface area (Å²) in [6, 6.07) is 3.42. The molecule has 2 aliphatic heterocycles. The van der Waals surface area contributed by atoms with Crippen LogP contribution in [0, 0.1) is 0 Å². The van der Waals surface area contributed by atoms with E-state index in [0.29, 0.717) is 36.7 Å². The Morgan fingerprint density at radius 1 is 1.46 bits per heavy atom. The largest absolute Gasteiger partial charge is 0.465 e. The molecule has 0 unspecified atom stereocenters. The molecule has 0 aromatic carbocycles. The number of carbonyl (C=O) groups is 3. The maximum Gasteiger partial charge on any atom is 0.407 e. The average molecular weight is 410 g/mol. The number of aromatic nitrogens is 1. The van der Waals surface area contributed by atoms with Gasteiger partial charge >= 0.3 is 6.09 Å². The number of hydrogen-bond donors (Lipinski definition) is 3. The van der Waals surface area contributed by atoms with Crippen LogP contribution in [0.15, 0.2) is 17.0 Å². The Hall–Kier alpha value is -2.17. The van der Waals surface area contributed by atoms with Crippen LogP contribution in [-0.4, -0.2) is 76.9 Å². The molecule has 3 N–H and O–H groups in total. The van der Waals surface area contributed by atoms with E-state index in [-0.39, 0.29) is 17.6 Å². The van der Waals surface area contributed by atoms with Crippen LogP contribution in [0.1, 0.15) is 31.3 Å². The van der Waals surface area contributed by atoms with E-state index >= 15 is 0 Å². The summed E-state index contributed by atoms with van der Waals surface area (Å²) in [6.07, 6.45) is -0.267. The summed E-state index contributed by atoms with van der Waals surface area (Å²) in [5.41, 5.74) is -0.0475. The Morgan fingerprint density at radius 2 is 2.21 bits per heavy atom. The highest BCUT2D eigenvalue weighted by atomic mass is 32.2. The monoisotopic (exact) mass is 410 g/mol. The number of hydrogen-bond acceptors (Lipinski definition) is 7. The van der Waals surface area contributed by atoms with Crippen molar-refractivity contribution >= 4 is 35.9 Å². The lowest BCUT2D eigenvalue weighted by Gasteiger charge is -2.36. The molecule has 2 aliphatic rings. The van der Waals surface area contributed by atoms with Gasteiger partial charge in [0.05, 0.1) is 29.9 Å². The van der Waals surface area contributed by atoms with E-state index in [2.05, 4.69) is 15.6 Å². The van der Waals surface area contributed by atoms with Crippen LogP contribution in [0.5, 0.6) is 0 Å². The van der Waals surface area contributed by atoms with Gasteiger partial charge in [-0.25, -0.2) is 9.78 Å². The lowest BCUT2D eigenvalue weighted by Crippen LogP contribution is -2.52. The number of nitrogens with one attached hydrogen (secondary N) is 2. The van der Waals surface area contributed by atoms with Crippen LogP contribution >= 0.6 is 11.8 Å². The molecule has 1 saturated heterocycles. The van der Waals surface area contributed by atoms with Gasteiger partial charge in [-0.2, -0.15) is 0 Å². The van der Waals surface area contributed by atoms with E-state index in [0.717, 1.165) is 18.0 Å². The van der Waals surface area contributed by atoms with Crippen molar-refractivity contribution in [2.75, 3.05) is 37.3 Å². The van der Waals surface area contributed by atoms with Gasteiger partial charge < -0.3 is 25.4 Å². The van der Waals surface area contributed by atoms with Crippen LogP contribution in [0.25, 0.3) is 0 Å². The summed E-state index contributed by atoms with van der Waals surface area (Å²) in [5, 5.41) is 14.9. The molecule has 0 aliphatic carbocycles. The lowest BCUT2D eigenvalue weighted by molar-refractivity contribution is -0.113. The Morgan fingerprint density at radius 3 is 2.79 bits per heavy atom. The van der Waals surface area contributed by atoms with Gasteiger partial charge in [-0.1, -0.05) is 0 Å². The summed E-state index contributed by atoms with van der Waals surface area (Å²) in [7, 11) is 0. The van der Waals surface area contributed by atoms with Gasteiger partial charge in [0.2, 0.25) is 5.91 Å². The van der Waals surface area contributed by atoms with E-state index in [1.165, 1.54) is 16.7 Å². The number of thioether (sulfide) groups is 1. The molecule has 1 fully saturated rings. The van der Waals surface area contributed by atoms with E-state index < -0.39 is 6.09 Å². The zero-order valence-corrected chi connectivity index (χ0v) is 17.0. The molecule has 3 rings (SSSR count). The fraction of sp³-hybridized carbons (Fsp3) is 0.556. The molecule has 2 amide bonds. The van der Waals surface area contributed by atoms with E-state index in [4.69, 9.17) is 9.84 Å². The first-order valence-electron chi connectivity index (χ1n) is 8.92. The second-order valence-electron chi connectivity index (χ2n) is 7.30. The molecule has 1 aromatic heterocycles. The molecule has 1 atom stereocenters. The molecule has 154 valence electrons. The van der Waals surface area contributed by atoms with Crippen molar-refractivity contribution in [2.45, 2.75) is 37.3 Å². The molecule has 0 spiro atoms. The number of ether oxygens (including phenoxy) is 1. The van der Waals surface area contributed by atoms with E-state index in [1.807, 2.05) is 20.8 Å². The molecule has 0 radical (unpaired) electrons. The van der Waals surface area contributed by atoms with Gasteiger partial charge in [-0.15, -0.1) is 11.8 Å². The fourth-order valence-corrected chi connectivity index (χ4v) is 3.38. The number of anilines is 1. The molecular formula is C18H26N4O5S. The Balaban J connectivity index is 0.000000202. The number of rotatable bonds is 3. The highest BCUT2D eigenvalue weighted by Gasteiger charge is 2.29. The fourth-order valence-electron chi connectivity index (χ4n) is 2.62. The number of nitrogens with zero attached hydrogens (tertiary/aromatic N) is 2. The molecule has 28 heavy (non-hydrogen) atoms.